The third-order valence-electron chi connectivity index (χ3n) is 12.3. The van der Waals surface area contributed by atoms with Gasteiger partial charge >= 0.3 is 0 Å². The Morgan fingerprint density at radius 1 is 0.312 bits per heavy atom. The zero-order valence-corrected chi connectivity index (χ0v) is 35.5. The molecule has 6 nitrogen and oxygen atoms in total. The molecule has 0 N–H and O–H groups in total. The number of allylic oxidation sites excluding steroid dienone is 4. The molecule has 0 aliphatic heterocycles. The molecule has 0 radical (unpaired) electrons. The van der Waals surface area contributed by atoms with Crippen LogP contribution in [-0.2, 0) is 0 Å². The summed E-state index contributed by atoms with van der Waals surface area (Å²) in [6.07, 6.45) is 8.57. The van der Waals surface area contributed by atoms with E-state index in [1.165, 1.54) is 32.7 Å². The second-order valence-corrected chi connectivity index (χ2v) is 16.4. The van der Waals surface area contributed by atoms with Gasteiger partial charge in [0.2, 0.25) is 0 Å². The standard InChI is InChI=1S/C58H42N6/c1-37-15-9-11-21-45(37)57-61-53(41-17-5-3-6-18-41)59-55(63-57)43-31-27-39(28-32-43)47-23-13-25-49-50-26-14-24-48(52(50)36-35-51(47)49)40-29-33-44(34-30-40)56-60-54(42-19-7-4-8-20-42)62-58(64-56)46-22-12-10-16-38(46)2/h3-37,45H,1-2H3. The van der Waals surface area contributed by atoms with Crippen molar-refractivity contribution in [2.45, 2.75) is 19.8 Å². The Kier molecular flexibility index (Phi) is 10.0. The average molecular weight is 823 g/mol. The lowest BCUT2D eigenvalue weighted by Gasteiger charge is -2.20. The van der Waals surface area contributed by atoms with Crippen molar-refractivity contribution in [1.29, 1.82) is 0 Å². The highest BCUT2D eigenvalue weighted by Crippen LogP contribution is 2.39. The highest BCUT2D eigenvalue weighted by Gasteiger charge is 2.22. The van der Waals surface area contributed by atoms with Gasteiger partial charge in [0.1, 0.15) is 5.82 Å². The van der Waals surface area contributed by atoms with Gasteiger partial charge in [-0.3, -0.25) is 0 Å². The number of aryl methyl sites for hydroxylation is 1. The summed E-state index contributed by atoms with van der Waals surface area (Å²) in [6.45, 7) is 4.30. The van der Waals surface area contributed by atoms with E-state index >= 15 is 0 Å². The van der Waals surface area contributed by atoms with Crippen molar-refractivity contribution in [3.63, 3.8) is 0 Å². The van der Waals surface area contributed by atoms with Crippen molar-refractivity contribution < 1.29 is 0 Å². The normalized spacial score (nSPS) is 14.6. The van der Waals surface area contributed by atoms with E-state index in [1.54, 1.807) is 0 Å². The van der Waals surface area contributed by atoms with Gasteiger partial charge in [0.15, 0.2) is 29.1 Å². The van der Waals surface area contributed by atoms with Gasteiger partial charge in [-0.2, -0.15) is 0 Å². The molecule has 1 aliphatic rings. The molecule has 8 aromatic carbocycles. The van der Waals surface area contributed by atoms with Gasteiger partial charge in [0, 0.05) is 33.7 Å². The molecule has 304 valence electrons. The van der Waals surface area contributed by atoms with E-state index in [9.17, 15) is 0 Å². The van der Waals surface area contributed by atoms with Gasteiger partial charge in [0.25, 0.3) is 0 Å². The zero-order chi connectivity index (χ0) is 43.0. The molecule has 11 rings (SSSR count). The summed E-state index contributed by atoms with van der Waals surface area (Å²) in [5.41, 5.74) is 10.5. The number of hydrogen-bond acceptors (Lipinski definition) is 6. The van der Waals surface area contributed by atoms with Crippen molar-refractivity contribution >= 4 is 21.5 Å². The first kappa shape index (κ1) is 38.7. The van der Waals surface area contributed by atoms with E-state index in [1.807, 2.05) is 60.7 Å². The topological polar surface area (TPSA) is 77.3 Å². The maximum atomic E-state index is 5.06. The number of aromatic nitrogens is 6. The Morgan fingerprint density at radius 3 is 1.22 bits per heavy atom. The van der Waals surface area contributed by atoms with E-state index in [4.69, 9.17) is 29.9 Å². The minimum absolute atomic E-state index is 0.0763. The minimum Gasteiger partial charge on any atom is -0.212 e. The molecule has 2 unspecified atom stereocenters. The predicted octanol–water partition coefficient (Wildman–Crippen LogP) is 14.2. The molecule has 0 saturated carbocycles. The lowest BCUT2D eigenvalue weighted by molar-refractivity contribution is 0.600. The van der Waals surface area contributed by atoms with E-state index < -0.39 is 0 Å². The second-order valence-electron chi connectivity index (χ2n) is 16.4. The first-order valence-electron chi connectivity index (χ1n) is 21.7. The molecule has 2 atom stereocenters. The van der Waals surface area contributed by atoms with Crippen molar-refractivity contribution in [3.05, 3.63) is 218 Å². The molecule has 0 amide bonds. The highest BCUT2D eigenvalue weighted by atomic mass is 15.0. The van der Waals surface area contributed by atoms with Gasteiger partial charge in [-0.05, 0) is 62.2 Å². The predicted molar refractivity (Wildman–Crippen MR) is 261 cm³/mol. The summed E-state index contributed by atoms with van der Waals surface area (Å²) in [5, 5.41) is 4.81. The fraction of sp³-hybridized carbons (Fsp3) is 0.0690. The van der Waals surface area contributed by atoms with Gasteiger partial charge in [-0.15, -0.1) is 0 Å². The zero-order valence-electron chi connectivity index (χ0n) is 35.5. The van der Waals surface area contributed by atoms with Crippen molar-refractivity contribution in [3.8, 4) is 79.2 Å². The number of benzene rings is 8. The lowest BCUT2D eigenvalue weighted by Crippen LogP contribution is -2.13. The van der Waals surface area contributed by atoms with Crippen LogP contribution < -0.4 is 0 Å². The van der Waals surface area contributed by atoms with Gasteiger partial charge in [0.05, 0.1) is 0 Å². The van der Waals surface area contributed by atoms with Crippen LogP contribution in [0.25, 0.3) is 101 Å². The van der Waals surface area contributed by atoms with E-state index in [0.717, 1.165) is 50.3 Å². The SMILES string of the molecule is Cc1ccccc1-c1nc(-c2ccccc2)nc(-c2ccc(-c3cccc4c3ccc3c(-c5ccc(-c6nc(-c7ccccc7)nc(C7C=CC=CC7C)n6)cc5)cccc34)cc2)n1. The van der Waals surface area contributed by atoms with Crippen LogP contribution in [0.15, 0.2) is 206 Å². The lowest BCUT2D eigenvalue weighted by atomic mass is 9.89. The second kappa shape index (κ2) is 16.6. The number of hydrogen-bond donors (Lipinski definition) is 0. The van der Waals surface area contributed by atoms with Crippen LogP contribution in [0, 0.1) is 12.8 Å². The molecule has 2 heterocycles. The van der Waals surface area contributed by atoms with E-state index in [0.29, 0.717) is 29.1 Å². The Balaban J connectivity index is 0.925. The molecule has 64 heavy (non-hydrogen) atoms. The number of rotatable bonds is 8. The third-order valence-corrected chi connectivity index (χ3v) is 12.3. The molecule has 6 heteroatoms. The van der Waals surface area contributed by atoms with Crippen molar-refractivity contribution in [1.82, 2.24) is 29.9 Å². The molecular weight excluding hydrogens is 781 g/mol. The maximum absolute atomic E-state index is 5.06. The molecule has 0 saturated heterocycles. The van der Waals surface area contributed by atoms with Crippen LogP contribution in [0.1, 0.15) is 24.2 Å². The summed E-state index contributed by atoms with van der Waals surface area (Å²) in [7, 11) is 0. The molecule has 2 aromatic heterocycles. The van der Waals surface area contributed by atoms with Crippen LogP contribution in [0.2, 0.25) is 0 Å². The van der Waals surface area contributed by atoms with E-state index in [2.05, 4.69) is 159 Å². The van der Waals surface area contributed by atoms with E-state index in [-0.39, 0.29) is 11.8 Å². The highest BCUT2D eigenvalue weighted by molar-refractivity contribution is 6.15. The minimum atomic E-state index is 0.0763. The van der Waals surface area contributed by atoms with Crippen molar-refractivity contribution in [2.75, 3.05) is 0 Å². The van der Waals surface area contributed by atoms with Crippen LogP contribution in [-0.4, -0.2) is 29.9 Å². The Labute approximate surface area is 372 Å². The average Bonchev–Trinajstić information content (AvgIpc) is 3.36. The smallest absolute Gasteiger partial charge is 0.164 e. The summed E-state index contributed by atoms with van der Waals surface area (Å²) in [5.74, 6) is 4.46. The van der Waals surface area contributed by atoms with Crippen LogP contribution >= 0.6 is 0 Å². The summed E-state index contributed by atoms with van der Waals surface area (Å²) >= 11 is 0. The molecular formula is C58H42N6. The van der Waals surface area contributed by atoms with Crippen LogP contribution in [0.3, 0.4) is 0 Å². The van der Waals surface area contributed by atoms with Gasteiger partial charge < -0.3 is 0 Å². The Bertz CT molecular complexity index is 3400. The number of fused-ring (bicyclic) bond motifs is 3. The quantitative estimate of drug-likeness (QED) is 0.142. The monoisotopic (exact) mass is 822 g/mol. The molecule has 1 aliphatic carbocycles. The van der Waals surface area contributed by atoms with Crippen LogP contribution in [0.5, 0.6) is 0 Å². The molecule has 0 fully saturated rings. The van der Waals surface area contributed by atoms with Gasteiger partial charge in [-0.1, -0.05) is 213 Å². The third kappa shape index (κ3) is 7.35. The largest absolute Gasteiger partial charge is 0.212 e. The molecule has 0 spiro atoms. The Morgan fingerprint density at radius 2 is 0.719 bits per heavy atom. The summed E-state index contributed by atoms with van der Waals surface area (Å²) < 4.78 is 0. The maximum Gasteiger partial charge on any atom is 0.164 e. The first-order valence-corrected chi connectivity index (χ1v) is 21.7. The summed E-state index contributed by atoms with van der Waals surface area (Å²) in [6, 6.07) is 63.4. The molecule has 10 aromatic rings. The Hall–Kier alpha value is -8.22. The van der Waals surface area contributed by atoms with Gasteiger partial charge in [-0.25, -0.2) is 29.9 Å². The molecule has 0 bridgehead atoms. The number of nitrogens with zero attached hydrogens (tertiary/aromatic N) is 6. The fourth-order valence-electron chi connectivity index (χ4n) is 8.82. The first-order chi connectivity index (χ1) is 31.5. The summed E-state index contributed by atoms with van der Waals surface area (Å²) in [4.78, 5) is 29.9. The van der Waals surface area contributed by atoms with Crippen molar-refractivity contribution in [2.24, 2.45) is 5.92 Å². The van der Waals surface area contributed by atoms with Crippen LogP contribution in [0.4, 0.5) is 0 Å². The fourth-order valence-corrected chi connectivity index (χ4v) is 8.82.